The molecule has 498 valence electrons. The van der Waals surface area contributed by atoms with Crippen LogP contribution in [-0.4, -0.2) is 140 Å². The van der Waals surface area contributed by atoms with Crippen LogP contribution in [0.4, 0.5) is 0 Å². The van der Waals surface area contributed by atoms with E-state index in [-0.39, 0.29) is 18.9 Å². The minimum absolute atomic E-state index is 0.222. The maximum atomic E-state index is 13.3. The molecule has 14 nitrogen and oxygen atoms in total. The summed E-state index contributed by atoms with van der Waals surface area (Å²) < 4.78 is 22.8. The van der Waals surface area contributed by atoms with Gasteiger partial charge < -0.3 is 65.1 Å². The van der Waals surface area contributed by atoms with Crippen molar-refractivity contribution in [2.75, 3.05) is 19.8 Å². The van der Waals surface area contributed by atoms with Gasteiger partial charge in [-0.05, 0) is 116 Å². The summed E-state index contributed by atoms with van der Waals surface area (Å²) in [5, 5.41) is 87.2. The molecular weight excluding hydrogens is 1110 g/mol. The number of ether oxygens (including phenoxy) is 4. The molecule has 0 bridgehead atoms. The van der Waals surface area contributed by atoms with Gasteiger partial charge in [-0.1, -0.05) is 242 Å². The SMILES string of the molecule is CC/C=C\C/C=C\C/C=C\C/C=C\C/C=C\C/C=C\C/C=C\C/C=C\C/C=C\C/C=C\C/C=C\CCCCCC(=O)NC(COC1OC(CO)C(OC2OC(CO)C(O)C(O)C2O)C(O)C1O)C(O)/C=C/CC/C=C/CCCCCCCCCCCCC. The van der Waals surface area contributed by atoms with Gasteiger partial charge in [0.1, 0.15) is 48.8 Å². The first-order chi connectivity index (χ1) is 43.1. The first kappa shape index (κ1) is 79.7. The van der Waals surface area contributed by atoms with Gasteiger partial charge in [-0.2, -0.15) is 0 Å². The van der Waals surface area contributed by atoms with Gasteiger partial charge in [0.05, 0.1) is 32.0 Å². The minimum Gasteiger partial charge on any atom is -0.394 e. The van der Waals surface area contributed by atoms with Gasteiger partial charge in [0.2, 0.25) is 5.91 Å². The molecule has 1 amide bonds. The summed E-state index contributed by atoms with van der Waals surface area (Å²) in [4.78, 5) is 13.3. The van der Waals surface area contributed by atoms with Crippen LogP contribution >= 0.6 is 0 Å². The summed E-state index contributed by atoms with van der Waals surface area (Å²) in [6.45, 7) is 2.62. The normalized spacial score (nSPS) is 24.2. The van der Waals surface area contributed by atoms with Crippen LogP contribution in [-0.2, 0) is 23.7 Å². The van der Waals surface area contributed by atoms with Crippen LogP contribution in [0.5, 0.6) is 0 Å². The second kappa shape index (κ2) is 56.6. The number of rotatable bonds is 52. The molecule has 0 saturated carbocycles. The van der Waals surface area contributed by atoms with Crippen LogP contribution in [0, 0.1) is 0 Å². The van der Waals surface area contributed by atoms with Crippen molar-refractivity contribution in [1.29, 1.82) is 0 Å². The van der Waals surface area contributed by atoms with Crippen LogP contribution in [0.1, 0.15) is 206 Å². The molecule has 0 radical (unpaired) electrons. The predicted molar refractivity (Wildman–Crippen MR) is 359 cm³/mol. The quantitative estimate of drug-likeness (QED) is 0.0204. The van der Waals surface area contributed by atoms with Crippen LogP contribution in [0.3, 0.4) is 0 Å². The lowest BCUT2D eigenvalue weighted by Crippen LogP contribution is -2.65. The van der Waals surface area contributed by atoms with E-state index < -0.39 is 86.8 Å². The van der Waals surface area contributed by atoms with Gasteiger partial charge >= 0.3 is 0 Å². The van der Waals surface area contributed by atoms with Crippen molar-refractivity contribution in [3.05, 3.63) is 158 Å². The Morgan fingerprint density at radius 3 is 1.25 bits per heavy atom. The highest BCUT2D eigenvalue weighted by molar-refractivity contribution is 5.76. The van der Waals surface area contributed by atoms with E-state index in [9.17, 15) is 45.6 Å². The average Bonchev–Trinajstić information content (AvgIpc) is 2.07. The summed E-state index contributed by atoms with van der Waals surface area (Å²) in [6.07, 6.45) is 70.0. The molecular formula is C74H119NO13. The number of amides is 1. The number of allylic oxidation sites excluding steroid dienone is 25. The Bertz CT molecular complexity index is 2080. The van der Waals surface area contributed by atoms with E-state index in [1.807, 2.05) is 6.08 Å². The molecule has 0 aromatic heterocycles. The fraction of sp³-hybridized carbons (Fsp3) is 0.635. The zero-order valence-corrected chi connectivity index (χ0v) is 53.9. The van der Waals surface area contributed by atoms with Crippen LogP contribution in [0.25, 0.3) is 0 Å². The number of carbonyl (C=O) groups excluding carboxylic acids is 1. The Morgan fingerprint density at radius 1 is 0.420 bits per heavy atom. The lowest BCUT2D eigenvalue weighted by Gasteiger charge is -2.46. The lowest BCUT2D eigenvalue weighted by atomic mass is 9.97. The maximum absolute atomic E-state index is 13.3. The van der Waals surface area contributed by atoms with Crippen LogP contribution < -0.4 is 5.32 Å². The molecule has 12 unspecified atom stereocenters. The number of unbranched alkanes of at least 4 members (excludes halogenated alkanes) is 15. The topological polar surface area (TPSA) is 228 Å². The van der Waals surface area contributed by atoms with E-state index >= 15 is 0 Å². The highest BCUT2D eigenvalue weighted by Crippen LogP contribution is 2.30. The van der Waals surface area contributed by atoms with Crippen molar-refractivity contribution in [1.82, 2.24) is 5.32 Å². The van der Waals surface area contributed by atoms with Gasteiger partial charge in [-0.3, -0.25) is 4.79 Å². The molecule has 2 saturated heterocycles. The Kier molecular flexibility index (Phi) is 51.2. The molecule has 14 heteroatoms. The monoisotopic (exact) mass is 1230 g/mol. The zero-order chi connectivity index (χ0) is 63.8. The van der Waals surface area contributed by atoms with Gasteiger partial charge in [-0.25, -0.2) is 0 Å². The minimum atomic E-state index is -1.80. The van der Waals surface area contributed by atoms with E-state index in [1.54, 1.807) is 6.08 Å². The summed E-state index contributed by atoms with van der Waals surface area (Å²) >= 11 is 0. The van der Waals surface area contributed by atoms with E-state index in [1.165, 1.54) is 70.6 Å². The number of nitrogens with one attached hydrogen (secondary N) is 1. The summed E-state index contributed by atoms with van der Waals surface area (Å²) in [7, 11) is 0. The van der Waals surface area contributed by atoms with Crippen molar-refractivity contribution >= 4 is 5.91 Å². The molecule has 2 aliphatic rings. The van der Waals surface area contributed by atoms with E-state index in [2.05, 4.69) is 165 Å². The fourth-order valence-electron chi connectivity index (χ4n) is 9.84. The van der Waals surface area contributed by atoms with Gasteiger partial charge in [-0.15, -0.1) is 0 Å². The Labute approximate surface area is 531 Å². The third-order valence-electron chi connectivity index (χ3n) is 15.2. The molecule has 0 aliphatic carbocycles. The highest BCUT2D eigenvalue weighted by atomic mass is 16.7. The van der Waals surface area contributed by atoms with Crippen LogP contribution in [0.2, 0.25) is 0 Å². The molecule has 0 aromatic rings. The van der Waals surface area contributed by atoms with Crippen molar-refractivity contribution in [3.63, 3.8) is 0 Å². The second-order valence-electron chi connectivity index (χ2n) is 22.9. The smallest absolute Gasteiger partial charge is 0.220 e. The van der Waals surface area contributed by atoms with E-state index in [0.29, 0.717) is 12.8 Å². The van der Waals surface area contributed by atoms with Gasteiger partial charge in [0.25, 0.3) is 0 Å². The summed E-state index contributed by atoms with van der Waals surface area (Å²) in [5.41, 5.74) is 0. The molecule has 0 aromatic carbocycles. The zero-order valence-electron chi connectivity index (χ0n) is 53.9. The Hall–Kier alpha value is -4.39. The first-order valence-corrected chi connectivity index (χ1v) is 33.7. The Morgan fingerprint density at radius 2 is 0.795 bits per heavy atom. The van der Waals surface area contributed by atoms with E-state index in [4.69, 9.17) is 18.9 Å². The van der Waals surface area contributed by atoms with Crippen LogP contribution in [0.15, 0.2) is 158 Å². The maximum Gasteiger partial charge on any atom is 0.220 e. The highest BCUT2D eigenvalue weighted by Gasteiger charge is 2.51. The number of hydrogen-bond donors (Lipinski definition) is 9. The molecule has 88 heavy (non-hydrogen) atoms. The van der Waals surface area contributed by atoms with Crippen molar-refractivity contribution in [3.8, 4) is 0 Å². The van der Waals surface area contributed by atoms with Crippen molar-refractivity contribution in [2.24, 2.45) is 0 Å². The molecule has 2 heterocycles. The van der Waals surface area contributed by atoms with E-state index in [0.717, 1.165) is 103 Å². The molecule has 0 spiro atoms. The average molecular weight is 1230 g/mol. The summed E-state index contributed by atoms with van der Waals surface area (Å²) in [6, 6.07) is -0.962. The van der Waals surface area contributed by atoms with Gasteiger partial charge in [0.15, 0.2) is 12.6 Å². The fourth-order valence-corrected chi connectivity index (χ4v) is 9.84. The molecule has 2 rings (SSSR count). The molecule has 2 fully saturated rings. The molecule has 12 atom stereocenters. The number of carbonyl (C=O) groups is 1. The summed E-state index contributed by atoms with van der Waals surface area (Å²) in [5.74, 6) is -0.288. The number of hydrogen-bond acceptors (Lipinski definition) is 13. The lowest BCUT2D eigenvalue weighted by molar-refractivity contribution is -0.359. The largest absolute Gasteiger partial charge is 0.394 e. The number of aliphatic hydroxyl groups is 8. The second-order valence-corrected chi connectivity index (χ2v) is 22.9. The first-order valence-electron chi connectivity index (χ1n) is 33.7. The van der Waals surface area contributed by atoms with Crippen molar-refractivity contribution in [2.45, 2.75) is 280 Å². The third-order valence-corrected chi connectivity index (χ3v) is 15.2. The number of aliphatic hydroxyl groups excluding tert-OH is 8. The standard InChI is InChI=1S/C74H119NO13/c1-3-5-7-9-11-13-15-17-19-21-22-23-24-25-26-27-28-29-30-31-32-33-34-35-36-37-38-39-40-42-44-46-48-50-52-54-56-58-66(79)75-62(63(78)57-55-53-51-49-47-45-43-41-20-18-16-14-12-10-8-6-4-2)61-85-73-71(84)69(82)72(65(60-77)87-73)88-74-70(83)68(81)67(80)64(59-76)86-74/h5,7,11,13,17,19,22-23,25-26,28-29,31-32,34-35,37-38,40,42,46-49,55,57,62-65,67-74,76-78,80-84H,3-4,6,8-10,12,14-16,18,20-21,24,27,30,33,36,39,41,43-45,50-54,56,58-61H2,1-2H3,(H,75,79)/b7-5-,13-11-,19-17-,23-22-,26-25-,29-28-,32-31-,35-34-,38-37-,42-40-,48-46-,49-47+,57-55+. The van der Waals surface area contributed by atoms with Crippen molar-refractivity contribution < 1.29 is 64.6 Å². The molecule has 2 aliphatic heterocycles. The molecule has 9 N–H and O–H groups in total. The third kappa shape index (κ3) is 40.4. The predicted octanol–water partition coefficient (Wildman–Crippen LogP) is 13.4. The Balaban J connectivity index is 1.71. The van der Waals surface area contributed by atoms with Gasteiger partial charge in [0, 0.05) is 6.42 Å².